The highest BCUT2D eigenvalue weighted by Gasteiger charge is 2.37. The lowest BCUT2D eigenvalue weighted by Gasteiger charge is -2.36. The fraction of sp³-hybridized carbons (Fsp3) is 0.611. The van der Waals surface area contributed by atoms with Gasteiger partial charge in [-0.25, -0.2) is 0 Å². The molecule has 0 amide bonds. The molecule has 0 radical (unpaired) electrons. The number of benzene rings is 1. The highest BCUT2D eigenvalue weighted by atomic mass is 16.1. The van der Waals surface area contributed by atoms with E-state index in [2.05, 4.69) is 43.0 Å². The summed E-state index contributed by atoms with van der Waals surface area (Å²) in [4.78, 5) is 15.0. The van der Waals surface area contributed by atoms with Crippen molar-refractivity contribution in [3.8, 4) is 0 Å². The lowest BCUT2D eigenvalue weighted by Crippen LogP contribution is -2.50. The van der Waals surface area contributed by atoms with Gasteiger partial charge in [-0.15, -0.1) is 0 Å². The summed E-state index contributed by atoms with van der Waals surface area (Å²) in [6, 6.07) is 10.5. The van der Waals surface area contributed by atoms with E-state index < -0.39 is 0 Å². The first kappa shape index (κ1) is 15.2. The van der Waals surface area contributed by atoms with Crippen molar-refractivity contribution in [2.45, 2.75) is 57.9 Å². The molecule has 1 aliphatic heterocycles. The Morgan fingerprint density at radius 2 is 1.85 bits per heavy atom. The zero-order chi connectivity index (χ0) is 14.4. The van der Waals surface area contributed by atoms with E-state index in [9.17, 15) is 4.79 Å². The van der Waals surface area contributed by atoms with E-state index in [1.54, 1.807) is 0 Å². The van der Waals surface area contributed by atoms with Gasteiger partial charge in [-0.1, -0.05) is 37.3 Å². The lowest BCUT2D eigenvalue weighted by atomic mass is 9.88. The van der Waals surface area contributed by atoms with Crippen LogP contribution in [0.5, 0.6) is 0 Å². The molecule has 1 atom stereocenters. The average molecular weight is 273 g/mol. The van der Waals surface area contributed by atoms with E-state index in [-0.39, 0.29) is 5.54 Å². The third-order valence-electron chi connectivity index (χ3n) is 4.81. The second-order valence-electron chi connectivity index (χ2n) is 6.08. The number of hydrogen-bond acceptors (Lipinski definition) is 2. The van der Waals surface area contributed by atoms with E-state index >= 15 is 0 Å². The number of nitrogens with zero attached hydrogens (tertiary/aromatic N) is 1. The van der Waals surface area contributed by atoms with Crippen LogP contribution in [-0.2, 0) is 11.2 Å². The molecule has 1 aliphatic rings. The SMILES string of the molecule is CCC(C)(C(=O)CCCc1ccccc1)N1CCCC1. The maximum Gasteiger partial charge on any atom is 0.152 e. The number of carbonyl (C=O) groups is 1. The Kier molecular flexibility index (Phi) is 5.36. The Labute approximate surface area is 123 Å². The van der Waals surface area contributed by atoms with Crippen LogP contribution in [0.1, 0.15) is 51.5 Å². The number of carbonyl (C=O) groups excluding carboxylic acids is 1. The molecule has 0 N–H and O–H groups in total. The van der Waals surface area contributed by atoms with Crippen LogP contribution in [0, 0.1) is 0 Å². The molecular weight excluding hydrogens is 246 g/mol. The highest BCUT2D eigenvalue weighted by molar-refractivity contribution is 5.88. The van der Waals surface area contributed by atoms with Crippen LogP contribution in [-0.4, -0.2) is 29.3 Å². The Hall–Kier alpha value is -1.15. The molecule has 2 heteroatoms. The van der Waals surface area contributed by atoms with Gasteiger partial charge < -0.3 is 0 Å². The molecule has 1 fully saturated rings. The second-order valence-corrected chi connectivity index (χ2v) is 6.08. The van der Waals surface area contributed by atoms with Crippen molar-refractivity contribution in [1.29, 1.82) is 0 Å². The second kappa shape index (κ2) is 7.03. The molecule has 2 rings (SSSR count). The summed E-state index contributed by atoms with van der Waals surface area (Å²) in [5.74, 6) is 0.429. The predicted octanol–water partition coefficient (Wildman–Crippen LogP) is 3.84. The summed E-state index contributed by atoms with van der Waals surface area (Å²) in [7, 11) is 0. The summed E-state index contributed by atoms with van der Waals surface area (Å²) in [6.45, 7) is 6.47. The molecule has 1 unspecified atom stereocenters. The van der Waals surface area contributed by atoms with Crippen molar-refractivity contribution in [2.75, 3.05) is 13.1 Å². The molecule has 2 nitrogen and oxygen atoms in total. The molecule has 20 heavy (non-hydrogen) atoms. The van der Waals surface area contributed by atoms with Gasteiger partial charge in [0.1, 0.15) is 0 Å². The van der Waals surface area contributed by atoms with Crippen LogP contribution < -0.4 is 0 Å². The average Bonchev–Trinajstić information content (AvgIpc) is 3.02. The Bertz CT molecular complexity index is 422. The summed E-state index contributed by atoms with van der Waals surface area (Å²) < 4.78 is 0. The molecule has 1 saturated heterocycles. The van der Waals surface area contributed by atoms with Gasteiger partial charge in [-0.3, -0.25) is 9.69 Å². The van der Waals surface area contributed by atoms with Crippen LogP contribution in [0.15, 0.2) is 30.3 Å². The zero-order valence-electron chi connectivity index (χ0n) is 12.9. The number of ketones is 1. The van der Waals surface area contributed by atoms with Crippen LogP contribution in [0.4, 0.5) is 0 Å². The van der Waals surface area contributed by atoms with Gasteiger partial charge in [-0.05, 0) is 57.7 Å². The molecule has 0 aliphatic carbocycles. The number of likely N-dealkylation sites (tertiary alicyclic amines) is 1. The first-order valence-corrected chi connectivity index (χ1v) is 7.99. The topological polar surface area (TPSA) is 20.3 Å². The van der Waals surface area contributed by atoms with Crippen LogP contribution >= 0.6 is 0 Å². The molecule has 110 valence electrons. The molecule has 1 aromatic carbocycles. The summed E-state index contributed by atoms with van der Waals surface area (Å²) in [6.07, 6.45) is 6.09. The van der Waals surface area contributed by atoms with Gasteiger partial charge in [0, 0.05) is 6.42 Å². The largest absolute Gasteiger partial charge is 0.298 e. The molecule has 1 aromatic rings. The maximum absolute atomic E-state index is 12.6. The van der Waals surface area contributed by atoms with Gasteiger partial charge in [0.2, 0.25) is 0 Å². The van der Waals surface area contributed by atoms with E-state index in [4.69, 9.17) is 0 Å². The Balaban J connectivity index is 1.86. The quantitative estimate of drug-likeness (QED) is 0.752. The standard InChI is InChI=1S/C18H27NO/c1-3-18(2,19-14-7-8-15-19)17(20)13-9-12-16-10-5-4-6-11-16/h4-6,10-11H,3,7-9,12-15H2,1-2H3. The number of hydrogen-bond donors (Lipinski definition) is 0. The van der Waals surface area contributed by atoms with Crippen molar-refractivity contribution in [3.63, 3.8) is 0 Å². The maximum atomic E-state index is 12.6. The molecular formula is C18H27NO. The lowest BCUT2D eigenvalue weighted by molar-refractivity contribution is -0.130. The van der Waals surface area contributed by atoms with Gasteiger partial charge in [0.05, 0.1) is 5.54 Å². The van der Waals surface area contributed by atoms with Crippen LogP contribution in [0.3, 0.4) is 0 Å². The highest BCUT2D eigenvalue weighted by Crippen LogP contribution is 2.27. The summed E-state index contributed by atoms with van der Waals surface area (Å²) in [5, 5.41) is 0. The first-order valence-electron chi connectivity index (χ1n) is 7.99. The van der Waals surface area contributed by atoms with Gasteiger partial charge in [0.25, 0.3) is 0 Å². The monoisotopic (exact) mass is 273 g/mol. The third-order valence-corrected chi connectivity index (χ3v) is 4.81. The van der Waals surface area contributed by atoms with Gasteiger partial charge >= 0.3 is 0 Å². The third kappa shape index (κ3) is 3.49. The zero-order valence-corrected chi connectivity index (χ0v) is 12.9. The normalized spacial score (nSPS) is 18.9. The predicted molar refractivity (Wildman–Crippen MR) is 83.9 cm³/mol. The minimum absolute atomic E-state index is 0.229. The van der Waals surface area contributed by atoms with Crippen molar-refractivity contribution in [3.05, 3.63) is 35.9 Å². The first-order chi connectivity index (χ1) is 9.66. The summed E-state index contributed by atoms with van der Waals surface area (Å²) >= 11 is 0. The Morgan fingerprint density at radius 1 is 1.20 bits per heavy atom. The number of aryl methyl sites for hydroxylation is 1. The van der Waals surface area contributed by atoms with E-state index in [0.29, 0.717) is 12.2 Å². The van der Waals surface area contributed by atoms with E-state index in [1.165, 1.54) is 18.4 Å². The number of Topliss-reactive ketones (excluding diaryl/α,β-unsaturated/α-hetero) is 1. The van der Waals surface area contributed by atoms with E-state index in [0.717, 1.165) is 32.4 Å². The summed E-state index contributed by atoms with van der Waals surface area (Å²) in [5.41, 5.74) is 1.10. The fourth-order valence-electron chi connectivity index (χ4n) is 3.17. The van der Waals surface area contributed by atoms with Gasteiger partial charge in [0.15, 0.2) is 5.78 Å². The van der Waals surface area contributed by atoms with Crippen molar-refractivity contribution >= 4 is 5.78 Å². The minimum atomic E-state index is -0.229. The molecule has 0 aromatic heterocycles. The molecule has 0 saturated carbocycles. The van der Waals surface area contributed by atoms with Crippen LogP contribution in [0.2, 0.25) is 0 Å². The van der Waals surface area contributed by atoms with Crippen molar-refractivity contribution in [2.24, 2.45) is 0 Å². The fourth-order valence-corrected chi connectivity index (χ4v) is 3.17. The van der Waals surface area contributed by atoms with Crippen LogP contribution in [0.25, 0.3) is 0 Å². The molecule has 0 spiro atoms. The molecule has 1 heterocycles. The van der Waals surface area contributed by atoms with E-state index in [1.807, 2.05) is 6.07 Å². The number of rotatable bonds is 7. The van der Waals surface area contributed by atoms with Crippen molar-refractivity contribution in [1.82, 2.24) is 4.90 Å². The molecule has 0 bridgehead atoms. The Morgan fingerprint density at radius 3 is 2.45 bits per heavy atom. The van der Waals surface area contributed by atoms with Crippen molar-refractivity contribution < 1.29 is 4.79 Å². The minimum Gasteiger partial charge on any atom is -0.298 e. The smallest absolute Gasteiger partial charge is 0.152 e. The van der Waals surface area contributed by atoms with Gasteiger partial charge in [-0.2, -0.15) is 0 Å².